The highest BCUT2D eigenvalue weighted by atomic mass is 79.9. The van der Waals surface area contributed by atoms with Gasteiger partial charge >= 0.3 is 0 Å². The van der Waals surface area contributed by atoms with Crippen molar-refractivity contribution in [3.63, 3.8) is 0 Å². The fourth-order valence-corrected chi connectivity index (χ4v) is 2.38. The van der Waals surface area contributed by atoms with Gasteiger partial charge in [0.1, 0.15) is 5.75 Å². The Kier molecular flexibility index (Phi) is 6.83. The third-order valence-corrected chi connectivity index (χ3v) is 3.62. The number of hydrogen-bond acceptors (Lipinski definition) is 4. The molecule has 0 saturated heterocycles. The van der Waals surface area contributed by atoms with E-state index in [1.807, 2.05) is 42.5 Å². The lowest BCUT2D eigenvalue weighted by Crippen LogP contribution is -2.45. The maximum Gasteiger partial charge on any atom is 0.257 e. The van der Waals surface area contributed by atoms with Crippen LogP contribution in [0.4, 0.5) is 11.4 Å². The van der Waals surface area contributed by atoms with Crippen molar-refractivity contribution >= 4 is 50.5 Å². The third kappa shape index (κ3) is 6.05. The van der Waals surface area contributed by atoms with Crippen LogP contribution in [0.3, 0.4) is 0 Å². The van der Waals surface area contributed by atoms with Crippen molar-refractivity contribution in [1.29, 1.82) is 0 Å². The normalized spacial score (nSPS) is 9.75. The van der Waals surface area contributed by atoms with Gasteiger partial charge in [0.15, 0.2) is 5.11 Å². The summed E-state index contributed by atoms with van der Waals surface area (Å²) < 4.78 is 6.06. The van der Waals surface area contributed by atoms with Crippen LogP contribution in [-0.2, 0) is 4.79 Å². The monoisotopic (exact) mass is 408 g/mol. The van der Waals surface area contributed by atoms with E-state index in [1.165, 1.54) is 0 Å². The molecule has 0 spiro atoms. The van der Waals surface area contributed by atoms with Crippen LogP contribution in [0.2, 0.25) is 0 Å². The van der Waals surface area contributed by atoms with Gasteiger partial charge in [0, 0.05) is 21.9 Å². The molecule has 24 heavy (non-hydrogen) atoms. The standard InChI is InChI=1S/C16H17BrN4O2S/c1-23-14-7-3-5-12(9-14)18-10-15(22)20-21-16(24)19-13-6-2-4-11(17)8-13/h2-9,18H,10H2,1H3,(H,20,22)(H2,19,21,24). The number of benzene rings is 2. The van der Waals surface area contributed by atoms with E-state index < -0.39 is 0 Å². The first-order valence-corrected chi connectivity index (χ1v) is 8.26. The first-order chi connectivity index (χ1) is 11.6. The Morgan fingerprint density at radius 1 is 1.12 bits per heavy atom. The Morgan fingerprint density at radius 3 is 2.62 bits per heavy atom. The van der Waals surface area contributed by atoms with E-state index in [9.17, 15) is 4.79 Å². The minimum atomic E-state index is -0.254. The summed E-state index contributed by atoms with van der Waals surface area (Å²) in [6, 6.07) is 14.9. The molecule has 0 aliphatic heterocycles. The molecule has 4 N–H and O–H groups in total. The van der Waals surface area contributed by atoms with Crippen molar-refractivity contribution in [2.75, 3.05) is 24.3 Å². The topological polar surface area (TPSA) is 74.4 Å². The van der Waals surface area contributed by atoms with Gasteiger partial charge in [0.25, 0.3) is 5.91 Å². The van der Waals surface area contributed by atoms with Gasteiger partial charge < -0.3 is 15.4 Å². The fourth-order valence-electron chi connectivity index (χ4n) is 1.81. The molecular weight excluding hydrogens is 392 g/mol. The molecule has 8 heteroatoms. The van der Waals surface area contributed by atoms with E-state index >= 15 is 0 Å². The number of carbonyl (C=O) groups is 1. The number of hydrazine groups is 1. The zero-order valence-corrected chi connectivity index (χ0v) is 15.3. The summed E-state index contributed by atoms with van der Waals surface area (Å²) in [6.07, 6.45) is 0. The minimum absolute atomic E-state index is 0.0969. The van der Waals surface area contributed by atoms with E-state index in [4.69, 9.17) is 17.0 Å². The highest BCUT2D eigenvalue weighted by Gasteiger charge is 2.03. The van der Waals surface area contributed by atoms with Gasteiger partial charge in [-0.3, -0.25) is 15.6 Å². The maximum absolute atomic E-state index is 11.8. The van der Waals surface area contributed by atoms with Crippen molar-refractivity contribution < 1.29 is 9.53 Å². The van der Waals surface area contributed by atoms with Crippen LogP contribution >= 0.6 is 28.1 Å². The molecule has 0 saturated carbocycles. The molecule has 0 unspecified atom stereocenters. The van der Waals surface area contributed by atoms with Crippen molar-refractivity contribution in [2.45, 2.75) is 0 Å². The zero-order valence-electron chi connectivity index (χ0n) is 12.9. The van der Waals surface area contributed by atoms with E-state index in [0.717, 1.165) is 21.6 Å². The van der Waals surface area contributed by atoms with Gasteiger partial charge in [-0.1, -0.05) is 28.1 Å². The number of methoxy groups -OCH3 is 1. The second-order valence-corrected chi connectivity index (χ2v) is 6.05. The highest BCUT2D eigenvalue weighted by molar-refractivity contribution is 9.10. The molecule has 0 atom stereocenters. The number of rotatable bonds is 5. The second kappa shape index (κ2) is 9.09. The molecule has 126 valence electrons. The number of amides is 1. The Hall–Kier alpha value is -2.32. The molecular formula is C16H17BrN4O2S. The van der Waals surface area contributed by atoms with Gasteiger partial charge in [-0.15, -0.1) is 0 Å². The summed E-state index contributed by atoms with van der Waals surface area (Å²) in [5, 5.41) is 6.26. The lowest BCUT2D eigenvalue weighted by atomic mass is 10.3. The van der Waals surface area contributed by atoms with Crippen LogP contribution in [0.25, 0.3) is 0 Å². The van der Waals surface area contributed by atoms with E-state index in [0.29, 0.717) is 5.11 Å². The molecule has 0 bridgehead atoms. The number of thiocarbonyl (C=S) groups is 1. The molecule has 2 aromatic carbocycles. The van der Waals surface area contributed by atoms with Gasteiger partial charge in [-0.2, -0.15) is 0 Å². The Morgan fingerprint density at radius 2 is 1.88 bits per heavy atom. The Bertz CT molecular complexity index is 727. The average Bonchev–Trinajstić information content (AvgIpc) is 2.58. The quantitative estimate of drug-likeness (QED) is 0.450. The molecule has 0 aliphatic rings. The molecule has 0 heterocycles. The summed E-state index contributed by atoms with van der Waals surface area (Å²) >= 11 is 8.50. The number of anilines is 2. The van der Waals surface area contributed by atoms with E-state index in [1.54, 1.807) is 13.2 Å². The molecule has 0 aromatic heterocycles. The van der Waals surface area contributed by atoms with E-state index in [2.05, 4.69) is 37.4 Å². The average molecular weight is 409 g/mol. The molecule has 1 amide bonds. The number of carbonyl (C=O) groups excluding carboxylic acids is 1. The largest absolute Gasteiger partial charge is 0.497 e. The molecule has 0 fully saturated rings. The van der Waals surface area contributed by atoms with Crippen LogP contribution in [0.1, 0.15) is 0 Å². The summed E-state index contributed by atoms with van der Waals surface area (Å²) in [4.78, 5) is 11.8. The van der Waals surface area contributed by atoms with Gasteiger partial charge in [-0.25, -0.2) is 0 Å². The maximum atomic E-state index is 11.8. The van der Waals surface area contributed by atoms with Crippen molar-refractivity contribution in [2.24, 2.45) is 0 Å². The number of halogens is 1. The highest BCUT2D eigenvalue weighted by Crippen LogP contribution is 2.16. The van der Waals surface area contributed by atoms with Crippen LogP contribution in [0.15, 0.2) is 53.0 Å². The van der Waals surface area contributed by atoms with Crippen LogP contribution < -0.4 is 26.2 Å². The van der Waals surface area contributed by atoms with Crippen LogP contribution in [0.5, 0.6) is 5.75 Å². The molecule has 0 radical (unpaired) electrons. The zero-order chi connectivity index (χ0) is 17.4. The van der Waals surface area contributed by atoms with Crippen LogP contribution in [-0.4, -0.2) is 24.7 Å². The number of nitrogens with one attached hydrogen (secondary N) is 4. The molecule has 2 aromatic rings. The van der Waals surface area contributed by atoms with Gasteiger partial charge in [-0.05, 0) is 42.5 Å². The second-order valence-electron chi connectivity index (χ2n) is 4.72. The SMILES string of the molecule is COc1cccc(NCC(=O)NNC(=S)Nc2cccc(Br)c2)c1. The Labute approximate surface area is 154 Å². The number of ether oxygens (including phenoxy) is 1. The number of hydrogen-bond donors (Lipinski definition) is 4. The van der Waals surface area contributed by atoms with E-state index in [-0.39, 0.29) is 12.5 Å². The molecule has 6 nitrogen and oxygen atoms in total. The summed E-state index contributed by atoms with van der Waals surface area (Å²) in [5.74, 6) is 0.467. The van der Waals surface area contributed by atoms with Gasteiger partial charge in [0.05, 0.1) is 13.7 Å². The summed E-state index contributed by atoms with van der Waals surface area (Å²) in [5.41, 5.74) is 6.77. The van der Waals surface area contributed by atoms with Crippen LogP contribution in [0, 0.1) is 0 Å². The predicted octanol–water partition coefficient (Wildman–Crippen LogP) is 2.89. The van der Waals surface area contributed by atoms with Crippen molar-refractivity contribution in [3.05, 3.63) is 53.0 Å². The molecule has 2 rings (SSSR count). The smallest absolute Gasteiger partial charge is 0.257 e. The lowest BCUT2D eigenvalue weighted by Gasteiger charge is -2.12. The summed E-state index contributed by atoms with van der Waals surface area (Å²) in [7, 11) is 1.59. The summed E-state index contributed by atoms with van der Waals surface area (Å²) in [6.45, 7) is 0.0969. The van der Waals surface area contributed by atoms with Crippen molar-refractivity contribution in [1.82, 2.24) is 10.9 Å². The lowest BCUT2D eigenvalue weighted by molar-refractivity contribution is -0.119. The first-order valence-electron chi connectivity index (χ1n) is 7.06. The molecule has 0 aliphatic carbocycles. The van der Waals surface area contributed by atoms with Crippen molar-refractivity contribution in [3.8, 4) is 5.75 Å². The predicted molar refractivity (Wildman–Crippen MR) is 103 cm³/mol. The Balaban J connectivity index is 1.73. The minimum Gasteiger partial charge on any atom is -0.497 e. The fraction of sp³-hybridized carbons (Fsp3) is 0.125. The van der Waals surface area contributed by atoms with Gasteiger partial charge in [0.2, 0.25) is 0 Å². The third-order valence-electron chi connectivity index (χ3n) is 2.92. The first kappa shape index (κ1) is 18.0.